The van der Waals surface area contributed by atoms with Crippen molar-refractivity contribution in [3.05, 3.63) is 28.4 Å². The summed E-state index contributed by atoms with van der Waals surface area (Å²) in [5.74, 6) is 0.663. The summed E-state index contributed by atoms with van der Waals surface area (Å²) >= 11 is 1.50. The highest BCUT2D eigenvalue weighted by molar-refractivity contribution is 8.00. The molecule has 0 aromatic carbocycles. The second-order valence-electron chi connectivity index (χ2n) is 3.29. The van der Waals surface area contributed by atoms with Crippen LogP contribution in [-0.4, -0.2) is 32.5 Å². The number of aliphatic hydroxyl groups is 1. The van der Waals surface area contributed by atoms with Gasteiger partial charge < -0.3 is 9.84 Å². The molecule has 6 heteroatoms. The number of aliphatic hydroxyl groups excluding tert-OH is 1. The van der Waals surface area contributed by atoms with E-state index in [1.165, 1.54) is 16.3 Å². The molecule has 0 bridgehead atoms. The SMILES string of the molecule is Cc1ccn([C@H]2CS[C@@H](CO)O2)c(=O)n1. The van der Waals surface area contributed by atoms with Gasteiger partial charge in [0.1, 0.15) is 11.7 Å². The molecule has 0 unspecified atom stereocenters. The number of ether oxygens (including phenoxy) is 1. The summed E-state index contributed by atoms with van der Waals surface area (Å²) in [5.41, 5.74) is 0.156. The molecule has 0 radical (unpaired) electrons. The molecular formula is C9H12N2O3S. The Morgan fingerprint density at radius 3 is 3.20 bits per heavy atom. The summed E-state index contributed by atoms with van der Waals surface area (Å²) in [6.45, 7) is 1.74. The van der Waals surface area contributed by atoms with E-state index >= 15 is 0 Å². The van der Waals surface area contributed by atoms with Crippen LogP contribution in [0.15, 0.2) is 17.1 Å². The van der Waals surface area contributed by atoms with Crippen molar-refractivity contribution in [3.63, 3.8) is 0 Å². The Bertz CT molecular complexity index is 407. The van der Waals surface area contributed by atoms with Crippen molar-refractivity contribution >= 4 is 11.8 Å². The van der Waals surface area contributed by atoms with Crippen molar-refractivity contribution in [3.8, 4) is 0 Å². The lowest BCUT2D eigenvalue weighted by atomic mass is 10.4. The van der Waals surface area contributed by atoms with Crippen molar-refractivity contribution in [2.75, 3.05) is 12.4 Å². The van der Waals surface area contributed by atoms with Gasteiger partial charge in [0.2, 0.25) is 0 Å². The van der Waals surface area contributed by atoms with Crippen LogP contribution in [0.3, 0.4) is 0 Å². The second kappa shape index (κ2) is 4.34. The fraction of sp³-hybridized carbons (Fsp3) is 0.556. The Kier molecular flexibility index (Phi) is 3.08. The van der Waals surface area contributed by atoms with E-state index in [-0.39, 0.29) is 24.0 Å². The summed E-state index contributed by atoms with van der Waals surface area (Å²) in [5, 5.41) is 8.90. The van der Waals surface area contributed by atoms with Gasteiger partial charge in [0.05, 0.1) is 6.61 Å². The molecule has 0 saturated carbocycles. The Labute approximate surface area is 91.1 Å². The van der Waals surface area contributed by atoms with Gasteiger partial charge in [-0.3, -0.25) is 4.57 Å². The van der Waals surface area contributed by atoms with Gasteiger partial charge in [-0.15, -0.1) is 11.8 Å². The molecule has 1 saturated heterocycles. The number of aryl methyl sites for hydroxylation is 1. The zero-order valence-corrected chi connectivity index (χ0v) is 9.11. The first-order valence-corrected chi connectivity index (χ1v) is 5.69. The molecule has 0 spiro atoms. The van der Waals surface area contributed by atoms with Crippen LogP contribution in [0.4, 0.5) is 0 Å². The second-order valence-corrected chi connectivity index (χ2v) is 4.49. The number of aromatic nitrogens is 2. The monoisotopic (exact) mass is 228 g/mol. The van der Waals surface area contributed by atoms with Crippen LogP contribution in [-0.2, 0) is 4.74 Å². The lowest BCUT2D eigenvalue weighted by molar-refractivity contribution is -0.00637. The van der Waals surface area contributed by atoms with Crippen LogP contribution >= 0.6 is 11.8 Å². The molecule has 5 nitrogen and oxygen atoms in total. The largest absolute Gasteiger partial charge is 0.393 e. The molecule has 82 valence electrons. The molecule has 2 atom stereocenters. The smallest absolute Gasteiger partial charge is 0.349 e. The van der Waals surface area contributed by atoms with Crippen LogP contribution in [0.5, 0.6) is 0 Å². The molecule has 1 fully saturated rings. The van der Waals surface area contributed by atoms with E-state index in [9.17, 15) is 4.79 Å². The molecule has 1 aliphatic heterocycles. The number of hydrogen-bond acceptors (Lipinski definition) is 5. The maximum atomic E-state index is 11.5. The van der Waals surface area contributed by atoms with Gasteiger partial charge in [-0.1, -0.05) is 0 Å². The third-order valence-corrected chi connectivity index (χ3v) is 3.27. The molecule has 15 heavy (non-hydrogen) atoms. The third kappa shape index (κ3) is 2.22. The Morgan fingerprint density at radius 1 is 1.80 bits per heavy atom. The zero-order chi connectivity index (χ0) is 10.8. The van der Waals surface area contributed by atoms with E-state index in [0.29, 0.717) is 11.4 Å². The first-order chi connectivity index (χ1) is 7.20. The summed E-state index contributed by atoms with van der Waals surface area (Å²) < 4.78 is 6.91. The molecule has 2 heterocycles. The van der Waals surface area contributed by atoms with Gasteiger partial charge in [-0.05, 0) is 13.0 Å². The number of thioether (sulfide) groups is 1. The molecule has 1 aliphatic rings. The first kappa shape index (κ1) is 10.7. The van der Waals surface area contributed by atoms with Crippen molar-refractivity contribution < 1.29 is 9.84 Å². The van der Waals surface area contributed by atoms with E-state index in [1.54, 1.807) is 19.2 Å². The van der Waals surface area contributed by atoms with Crippen molar-refractivity contribution in [2.24, 2.45) is 0 Å². The van der Waals surface area contributed by atoms with Crippen molar-refractivity contribution in [1.29, 1.82) is 0 Å². The first-order valence-electron chi connectivity index (χ1n) is 4.64. The van der Waals surface area contributed by atoms with E-state index in [2.05, 4.69) is 4.98 Å². The van der Waals surface area contributed by atoms with Gasteiger partial charge in [0.25, 0.3) is 0 Å². The zero-order valence-electron chi connectivity index (χ0n) is 8.29. The van der Waals surface area contributed by atoms with Crippen LogP contribution in [0.1, 0.15) is 11.9 Å². The molecule has 1 aromatic rings. The van der Waals surface area contributed by atoms with Crippen LogP contribution in [0, 0.1) is 6.92 Å². The van der Waals surface area contributed by atoms with E-state index in [4.69, 9.17) is 9.84 Å². The minimum Gasteiger partial charge on any atom is -0.393 e. The Hall–Kier alpha value is -0.850. The topological polar surface area (TPSA) is 64.3 Å². The third-order valence-electron chi connectivity index (χ3n) is 2.16. The molecule has 1 N–H and O–H groups in total. The van der Waals surface area contributed by atoms with Gasteiger partial charge in [0.15, 0.2) is 0 Å². The molecule has 1 aromatic heterocycles. The van der Waals surface area contributed by atoms with E-state index in [1.807, 2.05) is 0 Å². The normalized spacial score (nSPS) is 25.7. The van der Waals surface area contributed by atoms with Gasteiger partial charge in [-0.25, -0.2) is 4.79 Å². The van der Waals surface area contributed by atoms with Crippen LogP contribution in [0.25, 0.3) is 0 Å². The Balaban J connectivity index is 2.20. The Morgan fingerprint density at radius 2 is 2.60 bits per heavy atom. The summed E-state index contributed by atoms with van der Waals surface area (Å²) in [6.07, 6.45) is 1.36. The van der Waals surface area contributed by atoms with Crippen molar-refractivity contribution in [1.82, 2.24) is 9.55 Å². The fourth-order valence-electron chi connectivity index (χ4n) is 1.40. The van der Waals surface area contributed by atoms with Gasteiger partial charge >= 0.3 is 5.69 Å². The van der Waals surface area contributed by atoms with Gasteiger partial charge in [-0.2, -0.15) is 4.98 Å². The number of nitrogens with zero attached hydrogens (tertiary/aromatic N) is 2. The minimum atomic E-state index is -0.312. The molecular weight excluding hydrogens is 216 g/mol. The predicted molar refractivity (Wildman–Crippen MR) is 56.7 cm³/mol. The summed E-state index contributed by atoms with van der Waals surface area (Å²) in [6, 6.07) is 1.77. The predicted octanol–water partition coefficient (Wildman–Crippen LogP) is 0.132. The van der Waals surface area contributed by atoms with Crippen LogP contribution in [0.2, 0.25) is 0 Å². The number of hydrogen-bond donors (Lipinski definition) is 1. The fourth-order valence-corrected chi connectivity index (χ4v) is 2.33. The quantitative estimate of drug-likeness (QED) is 0.779. The average Bonchev–Trinajstić information content (AvgIpc) is 2.66. The number of rotatable bonds is 2. The highest BCUT2D eigenvalue weighted by Crippen LogP contribution is 2.30. The summed E-state index contributed by atoms with van der Waals surface area (Å²) in [4.78, 5) is 15.3. The highest BCUT2D eigenvalue weighted by Gasteiger charge is 2.27. The highest BCUT2D eigenvalue weighted by atomic mass is 32.2. The standard InChI is InChI=1S/C9H12N2O3S/c1-6-2-3-11(9(13)10-6)7-5-15-8(4-12)14-7/h2-3,7-8,12H,4-5H2,1H3/t7-,8+/m1/s1. The van der Waals surface area contributed by atoms with Crippen molar-refractivity contribution in [2.45, 2.75) is 18.6 Å². The average molecular weight is 228 g/mol. The lowest BCUT2D eigenvalue weighted by Gasteiger charge is -2.13. The maximum absolute atomic E-state index is 11.5. The lowest BCUT2D eigenvalue weighted by Crippen LogP contribution is -2.28. The molecule has 2 rings (SSSR count). The van der Waals surface area contributed by atoms with Crippen LogP contribution < -0.4 is 5.69 Å². The molecule has 0 aliphatic carbocycles. The summed E-state index contributed by atoms with van der Waals surface area (Å²) in [7, 11) is 0. The maximum Gasteiger partial charge on any atom is 0.349 e. The van der Waals surface area contributed by atoms with Gasteiger partial charge in [0, 0.05) is 17.6 Å². The van der Waals surface area contributed by atoms with E-state index in [0.717, 1.165) is 0 Å². The minimum absolute atomic E-state index is 0.0325. The van der Waals surface area contributed by atoms with E-state index < -0.39 is 0 Å². The molecule has 0 amide bonds.